The smallest absolute Gasteiger partial charge is 0.276 e. The van der Waals surface area contributed by atoms with Crippen LogP contribution in [-0.2, 0) is 27.7 Å². The Bertz CT molecular complexity index is 1170. The SMILES string of the molecule is O=C(C=Cc1ccccc1[N+](=O)[O-])N1CCN(S(=O)(=O)c2ccc3c(c2)CCCC3)CC1. The number of para-hydroxylation sites is 1. The Morgan fingerprint density at radius 2 is 1.66 bits per heavy atom. The first kappa shape index (κ1) is 22.2. The summed E-state index contributed by atoms with van der Waals surface area (Å²) >= 11 is 0. The fourth-order valence-corrected chi connectivity index (χ4v) is 5.70. The minimum atomic E-state index is -3.61. The number of piperazine rings is 1. The molecule has 2 aromatic rings. The van der Waals surface area contributed by atoms with Gasteiger partial charge >= 0.3 is 0 Å². The maximum absolute atomic E-state index is 13.1. The number of hydrogen-bond acceptors (Lipinski definition) is 5. The molecule has 168 valence electrons. The summed E-state index contributed by atoms with van der Waals surface area (Å²) in [5, 5.41) is 11.1. The van der Waals surface area contributed by atoms with Gasteiger partial charge in [0.1, 0.15) is 0 Å². The van der Waals surface area contributed by atoms with Crippen molar-refractivity contribution < 1.29 is 18.1 Å². The van der Waals surface area contributed by atoms with E-state index in [0.717, 1.165) is 31.2 Å². The van der Waals surface area contributed by atoms with E-state index in [9.17, 15) is 23.3 Å². The van der Waals surface area contributed by atoms with E-state index in [-0.39, 0.29) is 37.8 Å². The van der Waals surface area contributed by atoms with Crippen LogP contribution in [0.3, 0.4) is 0 Å². The number of carbonyl (C=O) groups excluding carboxylic acids is 1. The molecule has 0 N–H and O–H groups in total. The Balaban J connectivity index is 1.40. The maximum Gasteiger partial charge on any atom is 0.276 e. The lowest BCUT2D eigenvalue weighted by Crippen LogP contribution is -2.50. The summed E-state index contributed by atoms with van der Waals surface area (Å²) in [5.41, 5.74) is 2.62. The number of benzene rings is 2. The zero-order valence-electron chi connectivity index (χ0n) is 17.6. The minimum Gasteiger partial charge on any atom is -0.337 e. The Morgan fingerprint density at radius 3 is 2.38 bits per heavy atom. The van der Waals surface area contributed by atoms with Crippen molar-refractivity contribution in [1.82, 2.24) is 9.21 Å². The van der Waals surface area contributed by atoms with Crippen LogP contribution in [0.25, 0.3) is 6.08 Å². The molecular formula is C23H25N3O5S. The second-order valence-electron chi connectivity index (χ2n) is 8.02. The number of fused-ring (bicyclic) bond motifs is 1. The van der Waals surface area contributed by atoms with Gasteiger partial charge in [0.05, 0.1) is 15.4 Å². The first-order valence-corrected chi connectivity index (χ1v) is 12.1. The fourth-order valence-electron chi connectivity index (χ4n) is 4.23. The Kier molecular flexibility index (Phi) is 6.38. The van der Waals surface area contributed by atoms with E-state index in [1.54, 1.807) is 35.2 Å². The van der Waals surface area contributed by atoms with Gasteiger partial charge in [0, 0.05) is 38.3 Å². The first-order valence-electron chi connectivity index (χ1n) is 10.7. The highest BCUT2D eigenvalue weighted by Gasteiger charge is 2.30. The fraction of sp³-hybridized carbons (Fsp3) is 0.348. The molecule has 1 fully saturated rings. The van der Waals surface area contributed by atoms with Gasteiger partial charge in [0.2, 0.25) is 15.9 Å². The average molecular weight is 456 g/mol. The van der Waals surface area contributed by atoms with Crippen molar-refractivity contribution in [3.05, 3.63) is 75.3 Å². The molecule has 0 saturated carbocycles. The molecule has 8 nitrogen and oxygen atoms in total. The predicted octanol–water partition coefficient (Wildman–Crippen LogP) is 3.02. The topological polar surface area (TPSA) is 101 Å². The van der Waals surface area contributed by atoms with Gasteiger partial charge in [-0.2, -0.15) is 4.31 Å². The molecule has 0 aromatic heterocycles. The van der Waals surface area contributed by atoms with Crippen molar-refractivity contribution >= 4 is 27.7 Å². The molecule has 0 bridgehead atoms. The molecule has 32 heavy (non-hydrogen) atoms. The highest BCUT2D eigenvalue weighted by Crippen LogP contribution is 2.26. The summed E-state index contributed by atoms with van der Waals surface area (Å²) in [7, 11) is -3.61. The summed E-state index contributed by atoms with van der Waals surface area (Å²) in [4.78, 5) is 25.0. The van der Waals surface area contributed by atoms with Crippen molar-refractivity contribution in [2.75, 3.05) is 26.2 Å². The van der Waals surface area contributed by atoms with Gasteiger partial charge in [-0.3, -0.25) is 14.9 Å². The largest absolute Gasteiger partial charge is 0.337 e. The first-order chi connectivity index (χ1) is 15.4. The Morgan fingerprint density at radius 1 is 0.969 bits per heavy atom. The van der Waals surface area contributed by atoms with Gasteiger partial charge in [-0.15, -0.1) is 0 Å². The number of nitrogens with zero attached hydrogens (tertiary/aromatic N) is 3. The molecule has 0 unspecified atom stereocenters. The maximum atomic E-state index is 13.1. The summed E-state index contributed by atoms with van der Waals surface area (Å²) in [6.45, 7) is 0.962. The highest BCUT2D eigenvalue weighted by atomic mass is 32.2. The van der Waals surface area contributed by atoms with Crippen LogP contribution in [-0.4, -0.2) is 54.6 Å². The molecule has 2 aromatic carbocycles. The standard InChI is InChI=1S/C23H25N3O5S/c27-23(12-10-19-6-3-4-8-22(19)26(28)29)24-13-15-25(16-14-24)32(30,31)21-11-9-18-5-1-2-7-20(18)17-21/h3-4,6,8-12,17H,1-2,5,7,13-16H2. The van der Waals surface area contributed by atoms with Crippen LogP contribution < -0.4 is 0 Å². The van der Waals surface area contributed by atoms with Crippen LogP contribution in [0.15, 0.2) is 53.4 Å². The molecule has 0 spiro atoms. The van der Waals surface area contributed by atoms with Crippen LogP contribution in [0.2, 0.25) is 0 Å². The molecule has 2 aliphatic rings. The summed E-state index contributed by atoms with van der Waals surface area (Å²) in [6, 6.07) is 11.6. The third-order valence-corrected chi connectivity index (χ3v) is 7.94. The van der Waals surface area contributed by atoms with E-state index >= 15 is 0 Å². The molecule has 1 aliphatic heterocycles. The summed E-state index contributed by atoms with van der Waals surface area (Å²) in [5.74, 6) is -0.297. The van der Waals surface area contributed by atoms with Gasteiger partial charge in [-0.05, 0) is 61.1 Å². The number of carbonyl (C=O) groups is 1. The van der Waals surface area contributed by atoms with Crippen LogP contribution in [0.4, 0.5) is 5.69 Å². The minimum absolute atomic E-state index is 0.0717. The van der Waals surface area contributed by atoms with Crippen molar-refractivity contribution in [3.8, 4) is 0 Å². The van der Waals surface area contributed by atoms with Gasteiger partial charge in [-0.25, -0.2) is 8.42 Å². The zero-order chi connectivity index (χ0) is 22.7. The second kappa shape index (κ2) is 9.22. The van der Waals surface area contributed by atoms with Crippen molar-refractivity contribution in [3.63, 3.8) is 0 Å². The van der Waals surface area contributed by atoms with Crippen LogP contribution in [0, 0.1) is 10.1 Å². The monoisotopic (exact) mass is 455 g/mol. The van der Waals surface area contributed by atoms with E-state index in [0.29, 0.717) is 10.5 Å². The number of aryl methyl sites for hydroxylation is 2. The zero-order valence-corrected chi connectivity index (χ0v) is 18.5. The number of rotatable bonds is 5. The van der Waals surface area contributed by atoms with E-state index in [2.05, 4.69) is 0 Å². The predicted molar refractivity (Wildman–Crippen MR) is 121 cm³/mol. The molecule has 1 saturated heterocycles. The molecule has 0 radical (unpaired) electrons. The van der Waals surface area contributed by atoms with Gasteiger partial charge in [0.15, 0.2) is 0 Å². The number of nitro groups is 1. The van der Waals surface area contributed by atoms with Crippen molar-refractivity contribution in [1.29, 1.82) is 0 Å². The molecular weight excluding hydrogens is 430 g/mol. The number of amides is 1. The molecule has 9 heteroatoms. The molecule has 4 rings (SSSR count). The number of hydrogen-bond donors (Lipinski definition) is 0. The lowest BCUT2D eigenvalue weighted by atomic mass is 9.92. The van der Waals surface area contributed by atoms with Gasteiger partial charge < -0.3 is 4.90 Å². The van der Waals surface area contributed by atoms with Gasteiger partial charge in [0.25, 0.3) is 5.69 Å². The third-order valence-electron chi connectivity index (χ3n) is 6.05. The van der Waals surface area contributed by atoms with Crippen LogP contribution in [0.5, 0.6) is 0 Å². The molecule has 1 amide bonds. The number of nitro benzene ring substituents is 1. The molecule has 0 atom stereocenters. The molecule has 1 heterocycles. The lowest BCUT2D eigenvalue weighted by Gasteiger charge is -2.33. The van der Waals surface area contributed by atoms with Crippen molar-refractivity contribution in [2.24, 2.45) is 0 Å². The Hall–Kier alpha value is -3.04. The second-order valence-corrected chi connectivity index (χ2v) is 9.95. The highest BCUT2D eigenvalue weighted by molar-refractivity contribution is 7.89. The van der Waals surface area contributed by atoms with Crippen molar-refractivity contribution in [2.45, 2.75) is 30.6 Å². The van der Waals surface area contributed by atoms with Gasteiger partial charge in [-0.1, -0.05) is 18.2 Å². The van der Waals surface area contributed by atoms with E-state index in [1.165, 1.54) is 28.1 Å². The molecule has 1 aliphatic carbocycles. The number of sulfonamides is 1. The normalized spacial score (nSPS) is 17.3. The van der Waals surface area contributed by atoms with E-state index in [1.807, 2.05) is 6.07 Å². The van der Waals surface area contributed by atoms with Crippen LogP contribution >= 0.6 is 0 Å². The average Bonchev–Trinajstić information content (AvgIpc) is 2.82. The van der Waals surface area contributed by atoms with E-state index < -0.39 is 14.9 Å². The Labute approximate surface area is 187 Å². The third kappa shape index (κ3) is 4.58. The van der Waals surface area contributed by atoms with Crippen LogP contribution in [0.1, 0.15) is 29.5 Å². The quantitative estimate of drug-likeness (QED) is 0.392. The lowest BCUT2D eigenvalue weighted by molar-refractivity contribution is -0.385. The van der Waals surface area contributed by atoms with E-state index in [4.69, 9.17) is 0 Å². The summed E-state index contributed by atoms with van der Waals surface area (Å²) < 4.78 is 27.6. The summed E-state index contributed by atoms with van der Waals surface area (Å²) in [6.07, 6.45) is 6.85.